The number of benzene rings is 1. The van der Waals surface area contributed by atoms with Gasteiger partial charge in [0.2, 0.25) is 5.91 Å². The molecule has 1 unspecified atom stereocenters. The molecule has 0 spiro atoms. The van der Waals surface area contributed by atoms with Gasteiger partial charge in [0, 0.05) is 31.9 Å². The van der Waals surface area contributed by atoms with E-state index in [-0.39, 0.29) is 18.0 Å². The number of amides is 1. The van der Waals surface area contributed by atoms with Gasteiger partial charge in [0.05, 0.1) is 5.03 Å². The number of carbonyl (C=O) groups excluding carboxylic acids is 1. The summed E-state index contributed by atoms with van der Waals surface area (Å²) < 4.78 is 57.3. The first-order valence-corrected chi connectivity index (χ1v) is 9.82. The van der Waals surface area contributed by atoms with Crippen molar-refractivity contribution in [2.75, 3.05) is 18.9 Å². The number of carbonyl (C=O) groups is 1. The summed E-state index contributed by atoms with van der Waals surface area (Å²) in [5.41, 5.74) is -0.214. The number of hydrazine groups is 1. The number of nitrogens with one attached hydrogen (secondary N) is 3. The van der Waals surface area contributed by atoms with Gasteiger partial charge in [-0.3, -0.25) is 4.79 Å². The van der Waals surface area contributed by atoms with Crippen LogP contribution in [0.1, 0.15) is 45.1 Å². The molecule has 29 heavy (non-hydrogen) atoms. The van der Waals surface area contributed by atoms with Crippen molar-refractivity contribution in [3.05, 3.63) is 40.1 Å². The molecule has 162 valence electrons. The number of nitrogens with zero attached hydrogens (tertiary/aromatic N) is 1. The predicted molar refractivity (Wildman–Crippen MR) is 104 cm³/mol. The van der Waals surface area contributed by atoms with E-state index >= 15 is 0 Å². The van der Waals surface area contributed by atoms with Crippen LogP contribution in [0.25, 0.3) is 0 Å². The fourth-order valence-corrected chi connectivity index (χ4v) is 3.54. The van der Waals surface area contributed by atoms with Crippen LogP contribution in [0, 0.1) is 23.3 Å². The fourth-order valence-electron chi connectivity index (χ4n) is 3.13. The van der Waals surface area contributed by atoms with E-state index < -0.39 is 52.5 Å². The quantitative estimate of drug-likeness (QED) is 0.309. The zero-order valence-electron chi connectivity index (χ0n) is 16.6. The third-order valence-electron chi connectivity index (χ3n) is 4.86. The molecule has 0 aromatic heterocycles. The number of rotatable bonds is 9. The molecule has 3 N–H and O–H groups in total. The van der Waals surface area contributed by atoms with E-state index in [9.17, 15) is 22.4 Å². The summed E-state index contributed by atoms with van der Waals surface area (Å²) in [7, 11) is 1.63. The second-order valence-corrected chi connectivity index (χ2v) is 7.29. The van der Waals surface area contributed by atoms with Gasteiger partial charge >= 0.3 is 0 Å². The summed E-state index contributed by atoms with van der Waals surface area (Å²) in [4.78, 5) is 12.6. The van der Waals surface area contributed by atoms with Crippen LogP contribution in [-0.2, 0) is 11.3 Å². The van der Waals surface area contributed by atoms with E-state index in [0.29, 0.717) is 6.42 Å². The lowest BCUT2D eigenvalue weighted by atomic mass is 9.96. The van der Waals surface area contributed by atoms with Crippen LogP contribution in [0.4, 0.5) is 23.2 Å². The van der Waals surface area contributed by atoms with Crippen molar-refractivity contribution in [2.24, 2.45) is 0 Å². The van der Waals surface area contributed by atoms with Crippen LogP contribution in [0.5, 0.6) is 0 Å². The van der Waals surface area contributed by atoms with Crippen molar-refractivity contribution in [2.45, 2.75) is 51.6 Å². The van der Waals surface area contributed by atoms with Gasteiger partial charge in [-0.15, -0.1) is 0 Å². The van der Waals surface area contributed by atoms with E-state index in [1.165, 1.54) is 11.2 Å². The van der Waals surface area contributed by atoms with E-state index in [2.05, 4.69) is 16.1 Å². The Morgan fingerprint density at radius 1 is 1.14 bits per heavy atom. The van der Waals surface area contributed by atoms with Gasteiger partial charge in [0.25, 0.3) is 0 Å². The molecule has 1 aliphatic rings. The highest BCUT2D eigenvalue weighted by Crippen LogP contribution is 2.31. The predicted octanol–water partition coefficient (Wildman–Crippen LogP) is 4.14. The molecule has 1 aromatic rings. The Balaban J connectivity index is 2.19. The van der Waals surface area contributed by atoms with E-state index in [0.717, 1.165) is 12.8 Å². The summed E-state index contributed by atoms with van der Waals surface area (Å²) in [6.45, 7) is 3.09. The van der Waals surface area contributed by atoms with E-state index in [4.69, 9.17) is 11.6 Å². The van der Waals surface area contributed by atoms with Gasteiger partial charge in [0.15, 0.2) is 28.8 Å². The Hall–Kier alpha value is -2.00. The molecule has 2 rings (SSSR count). The molecule has 1 aliphatic heterocycles. The highest BCUT2D eigenvalue weighted by atomic mass is 35.5. The highest BCUT2D eigenvalue weighted by Gasteiger charge is 2.44. The maximum absolute atomic E-state index is 14.4. The van der Waals surface area contributed by atoms with E-state index in [1.54, 1.807) is 14.0 Å². The molecule has 10 heteroatoms. The molecule has 0 fully saturated rings. The Morgan fingerprint density at radius 3 is 2.24 bits per heavy atom. The number of hydrogen-bond donors (Lipinski definition) is 3. The molecule has 1 atom stereocenters. The lowest BCUT2D eigenvalue weighted by Crippen LogP contribution is -2.56. The fraction of sp³-hybridized carbons (Fsp3) is 0.526. The molecule has 0 saturated carbocycles. The summed E-state index contributed by atoms with van der Waals surface area (Å²) in [5.74, 6) is -6.82. The molecule has 0 radical (unpaired) electrons. The molecule has 0 bridgehead atoms. The van der Waals surface area contributed by atoms with Gasteiger partial charge in [-0.05, 0) is 12.8 Å². The topological polar surface area (TPSA) is 56.4 Å². The maximum Gasteiger partial charge on any atom is 0.247 e. The molecular weight excluding hydrogens is 412 g/mol. The SMILES string of the molecule is CCCCCNc1c(F)c(F)c(CNC(=O)C2(CC)NN(C)C=C2Cl)c(F)c1F. The smallest absolute Gasteiger partial charge is 0.247 e. The maximum atomic E-state index is 14.4. The standard InChI is InChI=1S/C19H25ClF4N4O/c1-4-6-7-8-25-17-15(23)13(21)11(14(22)16(17)24)9-26-18(29)19(5-2)12(20)10-28(3)27-19/h10,25,27H,4-9H2,1-3H3,(H,26,29). The minimum atomic E-state index is -1.55. The normalized spacial score (nSPS) is 18.8. The first kappa shape index (κ1) is 23.3. The van der Waals surface area contributed by atoms with Gasteiger partial charge in [0.1, 0.15) is 5.69 Å². The van der Waals surface area contributed by atoms with Crippen LogP contribution < -0.4 is 16.1 Å². The summed E-state index contributed by atoms with van der Waals surface area (Å²) in [5, 5.41) is 6.38. The van der Waals surface area contributed by atoms with Crippen molar-refractivity contribution in [1.29, 1.82) is 0 Å². The van der Waals surface area contributed by atoms with Gasteiger partial charge in [-0.1, -0.05) is 38.3 Å². The molecule has 5 nitrogen and oxygen atoms in total. The van der Waals surface area contributed by atoms with E-state index in [1.807, 2.05) is 6.92 Å². The van der Waals surface area contributed by atoms with Gasteiger partial charge in [-0.2, -0.15) is 0 Å². The van der Waals surface area contributed by atoms with Crippen LogP contribution in [0.3, 0.4) is 0 Å². The van der Waals surface area contributed by atoms with Gasteiger partial charge in [-0.25, -0.2) is 23.0 Å². The van der Waals surface area contributed by atoms with Gasteiger partial charge < -0.3 is 15.6 Å². The largest absolute Gasteiger partial charge is 0.380 e. The number of unbranched alkanes of at least 4 members (excludes halogenated alkanes) is 2. The van der Waals surface area contributed by atoms with Crippen molar-refractivity contribution in [1.82, 2.24) is 15.8 Å². The highest BCUT2D eigenvalue weighted by molar-refractivity contribution is 6.33. The second kappa shape index (κ2) is 9.67. The Bertz CT molecular complexity index is 776. The summed E-state index contributed by atoms with van der Waals surface area (Å²) in [6.07, 6.45) is 4.03. The minimum Gasteiger partial charge on any atom is -0.380 e. The van der Waals surface area contributed by atoms with Crippen LogP contribution >= 0.6 is 11.6 Å². The zero-order valence-corrected chi connectivity index (χ0v) is 17.3. The molecule has 0 saturated heterocycles. The summed E-state index contributed by atoms with van der Waals surface area (Å²) in [6, 6.07) is 0. The lowest BCUT2D eigenvalue weighted by molar-refractivity contribution is -0.127. The van der Waals surface area contributed by atoms with Crippen LogP contribution in [0.15, 0.2) is 11.2 Å². The first-order chi connectivity index (χ1) is 13.7. The van der Waals surface area contributed by atoms with Crippen LogP contribution in [-0.4, -0.2) is 30.0 Å². The van der Waals surface area contributed by atoms with Crippen molar-refractivity contribution in [3.8, 4) is 0 Å². The monoisotopic (exact) mass is 436 g/mol. The average molecular weight is 437 g/mol. The Kier molecular flexibility index (Phi) is 7.76. The third-order valence-corrected chi connectivity index (χ3v) is 5.28. The lowest BCUT2D eigenvalue weighted by Gasteiger charge is -2.29. The molecular formula is C19H25ClF4N4O. The van der Waals surface area contributed by atoms with Crippen molar-refractivity contribution < 1.29 is 22.4 Å². The Labute approximate surface area is 172 Å². The minimum absolute atomic E-state index is 0.180. The molecule has 1 aromatic carbocycles. The zero-order chi connectivity index (χ0) is 21.8. The summed E-state index contributed by atoms with van der Waals surface area (Å²) >= 11 is 6.13. The van der Waals surface area contributed by atoms with Crippen molar-refractivity contribution in [3.63, 3.8) is 0 Å². The first-order valence-electron chi connectivity index (χ1n) is 9.45. The van der Waals surface area contributed by atoms with Crippen molar-refractivity contribution >= 4 is 23.2 Å². The van der Waals surface area contributed by atoms with Crippen LogP contribution in [0.2, 0.25) is 0 Å². The third kappa shape index (κ3) is 4.61. The Morgan fingerprint density at radius 2 is 1.76 bits per heavy atom. The molecule has 1 amide bonds. The number of halogens is 5. The second-order valence-electron chi connectivity index (χ2n) is 6.88. The molecule has 1 heterocycles. The number of anilines is 1. The average Bonchev–Trinajstić information content (AvgIpc) is 2.99. The molecule has 0 aliphatic carbocycles. The number of hydrogen-bond acceptors (Lipinski definition) is 4.